The molecule has 1 aliphatic heterocycles. The van der Waals surface area contributed by atoms with E-state index < -0.39 is 11.9 Å². The van der Waals surface area contributed by atoms with Gasteiger partial charge in [-0.2, -0.15) is 0 Å². The van der Waals surface area contributed by atoms with Crippen LogP contribution in [0.1, 0.15) is 92.1 Å². The van der Waals surface area contributed by atoms with Gasteiger partial charge in [-0.25, -0.2) is 9.59 Å². The summed E-state index contributed by atoms with van der Waals surface area (Å²) >= 11 is 0. The van der Waals surface area contributed by atoms with Crippen molar-refractivity contribution in [2.24, 2.45) is 0 Å². The molecule has 31 heavy (non-hydrogen) atoms. The lowest BCUT2D eigenvalue weighted by Gasteiger charge is -2.42. The molecule has 1 N–H and O–H groups in total. The van der Waals surface area contributed by atoms with Crippen molar-refractivity contribution in [2.45, 2.75) is 77.7 Å². The van der Waals surface area contributed by atoms with E-state index in [1.807, 2.05) is 12.1 Å². The summed E-state index contributed by atoms with van der Waals surface area (Å²) in [5.74, 6) is -0.284. The second-order valence-corrected chi connectivity index (χ2v) is 9.60. The summed E-state index contributed by atoms with van der Waals surface area (Å²) in [5.41, 5.74) is 2.22. The number of ether oxygens (including phenoxy) is 2. The average molecular weight is 425 g/mol. The monoisotopic (exact) mass is 424 g/mol. The van der Waals surface area contributed by atoms with Crippen molar-refractivity contribution in [3.05, 3.63) is 58.7 Å². The van der Waals surface area contributed by atoms with Crippen LogP contribution in [-0.2, 0) is 11.8 Å². The van der Waals surface area contributed by atoms with Crippen LogP contribution in [0.15, 0.2) is 36.4 Å². The molecular weight excluding hydrogens is 392 g/mol. The Morgan fingerprint density at radius 2 is 1.74 bits per heavy atom. The molecule has 5 heteroatoms. The highest BCUT2D eigenvalue weighted by molar-refractivity contribution is 5.93. The fraction of sp³-hybridized carbons (Fsp3) is 0.462. The average Bonchev–Trinajstić information content (AvgIpc) is 2.66. The number of unbranched alkanes of at least 4 members (excludes halogenated alkanes) is 2. The van der Waals surface area contributed by atoms with E-state index >= 15 is 0 Å². The van der Waals surface area contributed by atoms with Crippen molar-refractivity contribution >= 4 is 11.9 Å². The van der Waals surface area contributed by atoms with Gasteiger partial charge in [0.1, 0.15) is 17.1 Å². The van der Waals surface area contributed by atoms with E-state index in [0.717, 1.165) is 49.0 Å². The number of carbonyl (C=O) groups is 2. The molecular formula is C26H32O5. The summed E-state index contributed by atoms with van der Waals surface area (Å²) in [4.78, 5) is 24.2. The van der Waals surface area contributed by atoms with Gasteiger partial charge >= 0.3 is 11.9 Å². The molecule has 0 radical (unpaired) electrons. The normalized spacial score (nSPS) is 16.2. The zero-order valence-electron chi connectivity index (χ0n) is 19.1. The van der Waals surface area contributed by atoms with Crippen molar-refractivity contribution in [1.82, 2.24) is 0 Å². The Morgan fingerprint density at radius 3 is 2.35 bits per heavy atom. The number of esters is 1. The number of hydrogen-bond donors (Lipinski definition) is 1. The molecule has 1 aliphatic rings. The molecule has 0 amide bonds. The Balaban J connectivity index is 1.96. The fourth-order valence-electron chi connectivity index (χ4n) is 4.52. The SMILES string of the molecule is CCCCCc1cc2c(cc1C(=O)Oc1ccc(C(=O)O)cc1)C(C)(C)CC(C)(C)O2. The molecule has 0 fully saturated rings. The Hall–Kier alpha value is -2.82. The fourth-order valence-corrected chi connectivity index (χ4v) is 4.52. The summed E-state index contributed by atoms with van der Waals surface area (Å²) in [6.07, 6.45) is 4.77. The quantitative estimate of drug-likeness (QED) is 0.327. The number of hydrogen-bond acceptors (Lipinski definition) is 4. The third-order valence-electron chi connectivity index (χ3n) is 5.77. The van der Waals surface area contributed by atoms with E-state index in [4.69, 9.17) is 14.6 Å². The first-order chi connectivity index (χ1) is 14.5. The zero-order valence-corrected chi connectivity index (χ0v) is 19.1. The Labute approximate surface area is 184 Å². The van der Waals surface area contributed by atoms with Gasteiger partial charge < -0.3 is 14.6 Å². The smallest absolute Gasteiger partial charge is 0.343 e. The summed E-state index contributed by atoms with van der Waals surface area (Å²) in [6.45, 7) is 10.7. The Morgan fingerprint density at radius 1 is 1.06 bits per heavy atom. The summed E-state index contributed by atoms with van der Waals surface area (Å²) in [7, 11) is 0. The highest BCUT2D eigenvalue weighted by Gasteiger charge is 2.40. The first kappa shape index (κ1) is 22.9. The van der Waals surface area contributed by atoms with Crippen LogP contribution in [0.25, 0.3) is 0 Å². The topological polar surface area (TPSA) is 72.8 Å². The first-order valence-electron chi connectivity index (χ1n) is 10.9. The number of aromatic carboxylic acids is 1. The first-order valence-corrected chi connectivity index (χ1v) is 10.9. The summed E-state index contributed by atoms with van der Waals surface area (Å²) in [5, 5.41) is 9.05. The molecule has 0 saturated carbocycles. The van der Waals surface area contributed by atoms with Crippen molar-refractivity contribution in [1.29, 1.82) is 0 Å². The maximum absolute atomic E-state index is 13.1. The van der Waals surface area contributed by atoms with Gasteiger partial charge in [0.05, 0.1) is 11.1 Å². The molecule has 0 unspecified atom stereocenters. The molecule has 2 aromatic carbocycles. The minimum atomic E-state index is -1.02. The number of carbonyl (C=O) groups excluding carboxylic acids is 1. The Kier molecular flexibility index (Phi) is 6.44. The van der Waals surface area contributed by atoms with Crippen LogP contribution in [0.3, 0.4) is 0 Å². The molecule has 3 rings (SSSR count). The van der Waals surface area contributed by atoms with Gasteiger partial charge in [0.15, 0.2) is 0 Å². The predicted molar refractivity (Wildman–Crippen MR) is 120 cm³/mol. The van der Waals surface area contributed by atoms with Crippen LogP contribution in [0.5, 0.6) is 11.5 Å². The molecule has 0 spiro atoms. The number of rotatable bonds is 7. The van der Waals surface area contributed by atoms with Crippen LogP contribution in [0.2, 0.25) is 0 Å². The van der Waals surface area contributed by atoms with Gasteiger partial charge in [-0.3, -0.25) is 0 Å². The molecule has 0 atom stereocenters. The number of carboxylic acid groups (broad SMARTS) is 1. The highest BCUT2D eigenvalue weighted by Crippen LogP contribution is 2.46. The van der Waals surface area contributed by atoms with E-state index in [9.17, 15) is 9.59 Å². The van der Waals surface area contributed by atoms with E-state index in [0.29, 0.717) is 11.3 Å². The molecule has 0 aliphatic carbocycles. The lowest BCUT2D eigenvalue weighted by atomic mass is 9.73. The van der Waals surface area contributed by atoms with Crippen LogP contribution in [0.4, 0.5) is 0 Å². The lowest BCUT2D eigenvalue weighted by Crippen LogP contribution is -2.41. The van der Waals surface area contributed by atoms with Gasteiger partial charge in [-0.15, -0.1) is 0 Å². The van der Waals surface area contributed by atoms with Crippen LogP contribution >= 0.6 is 0 Å². The number of aryl methyl sites for hydroxylation is 1. The number of benzene rings is 2. The van der Waals surface area contributed by atoms with Crippen molar-refractivity contribution in [2.75, 3.05) is 0 Å². The predicted octanol–water partition coefficient (Wildman–Crippen LogP) is 6.18. The molecule has 0 bridgehead atoms. The molecule has 2 aromatic rings. The van der Waals surface area contributed by atoms with E-state index in [1.54, 1.807) is 0 Å². The largest absolute Gasteiger partial charge is 0.488 e. The van der Waals surface area contributed by atoms with E-state index in [2.05, 4.69) is 34.6 Å². The molecule has 0 saturated heterocycles. The zero-order chi connectivity index (χ0) is 22.8. The lowest BCUT2D eigenvalue weighted by molar-refractivity contribution is 0.0531. The van der Waals surface area contributed by atoms with Gasteiger partial charge in [0.2, 0.25) is 0 Å². The maximum Gasteiger partial charge on any atom is 0.343 e. The van der Waals surface area contributed by atoms with Crippen molar-refractivity contribution < 1.29 is 24.2 Å². The second kappa shape index (κ2) is 8.74. The maximum atomic E-state index is 13.1. The van der Waals surface area contributed by atoms with E-state index in [1.165, 1.54) is 24.3 Å². The van der Waals surface area contributed by atoms with Crippen LogP contribution < -0.4 is 9.47 Å². The molecule has 0 aromatic heterocycles. The number of carboxylic acids is 1. The van der Waals surface area contributed by atoms with Crippen molar-refractivity contribution in [3.63, 3.8) is 0 Å². The minimum absolute atomic E-state index is 0.142. The van der Waals surface area contributed by atoms with Gasteiger partial charge in [0, 0.05) is 5.56 Å². The van der Waals surface area contributed by atoms with Gasteiger partial charge in [-0.1, -0.05) is 33.6 Å². The second-order valence-electron chi connectivity index (χ2n) is 9.60. The number of fused-ring (bicyclic) bond motifs is 1. The highest BCUT2D eigenvalue weighted by atomic mass is 16.5. The Bertz CT molecular complexity index is 970. The van der Waals surface area contributed by atoms with Crippen LogP contribution in [0, 0.1) is 0 Å². The standard InChI is InChI=1S/C26H32O5/c1-6-7-8-9-18-14-22-21(25(2,3)16-26(4,5)31-22)15-20(18)24(29)30-19-12-10-17(11-13-19)23(27)28/h10-15H,6-9,16H2,1-5H3,(H,27,28). The van der Waals surface area contributed by atoms with Gasteiger partial charge in [0.25, 0.3) is 0 Å². The summed E-state index contributed by atoms with van der Waals surface area (Å²) in [6, 6.07) is 9.81. The van der Waals surface area contributed by atoms with Crippen molar-refractivity contribution in [3.8, 4) is 11.5 Å². The molecule has 1 heterocycles. The third-order valence-corrected chi connectivity index (χ3v) is 5.77. The molecule has 5 nitrogen and oxygen atoms in total. The minimum Gasteiger partial charge on any atom is -0.488 e. The van der Waals surface area contributed by atoms with Gasteiger partial charge in [-0.05, 0) is 80.5 Å². The van der Waals surface area contributed by atoms with E-state index in [-0.39, 0.29) is 16.6 Å². The molecule has 166 valence electrons. The van der Waals surface area contributed by atoms with Crippen LogP contribution in [-0.4, -0.2) is 22.6 Å². The summed E-state index contributed by atoms with van der Waals surface area (Å²) < 4.78 is 11.9. The third kappa shape index (κ3) is 5.27.